The van der Waals surface area contributed by atoms with Crippen LogP contribution in [0.25, 0.3) is 6.08 Å². The first-order chi connectivity index (χ1) is 13.4. The first-order valence-electron chi connectivity index (χ1n) is 8.06. The number of nitriles is 1. The zero-order chi connectivity index (χ0) is 20.5. The lowest BCUT2D eigenvalue weighted by atomic mass is 10.1. The van der Waals surface area contributed by atoms with E-state index in [1.807, 2.05) is 0 Å². The summed E-state index contributed by atoms with van der Waals surface area (Å²) in [6.07, 6.45) is 1.34. The molecule has 3 N–H and O–H groups in total. The fraction of sp³-hybridized carbons (Fsp3) is 0.100. The van der Waals surface area contributed by atoms with Gasteiger partial charge >= 0.3 is 5.97 Å². The predicted octanol–water partition coefficient (Wildman–Crippen LogP) is 1.88. The molecule has 0 aliphatic rings. The highest BCUT2D eigenvalue weighted by Gasteiger charge is 2.15. The Labute approximate surface area is 161 Å². The van der Waals surface area contributed by atoms with Crippen LogP contribution in [-0.4, -0.2) is 31.5 Å². The van der Waals surface area contributed by atoms with Crippen LogP contribution in [0.4, 0.5) is 5.69 Å². The second-order valence-corrected chi connectivity index (χ2v) is 5.48. The number of para-hydroxylation sites is 1. The van der Waals surface area contributed by atoms with E-state index in [4.69, 9.17) is 20.5 Å². The number of anilines is 1. The smallest absolute Gasteiger partial charge is 0.349 e. The van der Waals surface area contributed by atoms with Crippen LogP contribution in [0.2, 0.25) is 0 Å². The van der Waals surface area contributed by atoms with Crippen molar-refractivity contribution in [1.82, 2.24) is 0 Å². The molecule has 2 rings (SSSR count). The Kier molecular flexibility index (Phi) is 6.88. The first kappa shape index (κ1) is 20.2. The van der Waals surface area contributed by atoms with Gasteiger partial charge in [-0.1, -0.05) is 24.3 Å². The topological polar surface area (TPSA) is 132 Å². The largest absolute Gasteiger partial charge is 0.497 e. The van der Waals surface area contributed by atoms with Gasteiger partial charge in [0.15, 0.2) is 6.61 Å². The van der Waals surface area contributed by atoms with E-state index in [0.717, 1.165) is 0 Å². The van der Waals surface area contributed by atoms with Crippen molar-refractivity contribution in [2.45, 2.75) is 0 Å². The Bertz CT molecular complexity index is 959. The van der Waals surface area contributed by atoms with Crippen LogP contribution in [0.5, 0.6) is 5.75 Å². The molecule has 0 radical (unpaired) electrons. The van der Waals surface area contributed by atoms with Gasteiger partial charge in [0.2, 0.25) is 0 Å². The van der Waals surface area contributed by atoms with E-state index in [1.54, 1.807) is 42.5 Å². The Morgan fingerprint density at radius 2 is 1.82 bits per heavy atom. The highest BCUT2D eigenvalue weighted by Crippen LogP contribution is 2.15. The van der Waals surface area contributed by atoms with Crippen LogP contribution in [0.3, 0.4) is 0 Å². The third kappa shape index (κ3) is 5.44. The standard InChI is InChI=1S/C20H17N3O5/c1-27-15-8-6-13(7-9-15)10-14(11-21)20(26)28-12-18(24)23-17-5-3-2-4-16(17)19(22)25/h2-10H,12H2,1H3,(H2,22,25)(H,23,24)/b14-10+. The van der Waals surface area contributed by atoms with E-state index in [1.165, 1.54) is 25.3 Å². The molecular formula is C20H17N3O5. The monoisotopic (exact) mass is 379 g/mol. The lowest BCUT2D eigenvalue weighted by Gasteiger charge is -2.09. The van der Waals surface area contributed by atoms with Gasteiger partial charge in [-0.05, 0) is 35.9 Å². The van der Waals surface area contributed by atoms with Gasteiger partial charge in [-0.2, -0.15) is 5.26 Å². The van der Waals surface area contributed by atoms with Crippen LogP contribution in [0, 0.1) is 11.3 Å². The molecule has 0 atom stereocenters. The van der Waals surface area contributed by atoms with E-state index in [9.17, 15) is 14.4 Å². The van der Waals surface area contributed by atoms with Crippen molar-refractivity contribution in [2.75, 3.05) is 19.0 Å². The number of ether oxygens (including phenoxy) is 2. The van der Waals surface area contributed by atoms with Crippen LogP contribution >= 0.6 is 0 Å². The molecule has 0 aromatic heterocycles. The number of nitrogens with two attached hydrogens (primary N) is 1. The van der Waals surface area contributed by atoms with Gasteiger partial charge in [0.05, 0.1) is 18.4 Å². The van der Waals surface area contributed by atoms with E-state index in [-0.39, 0.29) is 16.8 Å². The Balaban J connectivity index is 1.99. The summed E-state index contributed by atoms with van der Waals surface area (Å²) < 4.78 is 9.90. The Morgan fingerprint density at radius 1 is 1.14 bits per heavy atom. The number of rotatable bonds is 7. The number of nitrogens with zero attached hydrogens (tertiary/aromatic N) is 1. The molecule has 0 unspecified atom stereocenters. The molecule has 0 saturated carbocycles. The first-order valence-corrected chi connectivity index (χ1v) is 8.06. The summed E-state index contributed by atoms with van der Waals surface area (Å²) in [5.74, 6) is -1.70. The molecule has 0 spiro atoms. The molecule has 0 heterocycles. The van der Waals surface area contributed by atoms with Crippen molar-refractivity contribution in [1.29, 1.82) is 5.26 Å². The zero-order valence-corrected chi connectivity index (χ0v) is 15.0. The van der Waals surface area contributed by atoms with Gasteiger partial charge in [0.25, 0.3) is 11.8 Å². The fourth-order valence-corrected chi connectivity index (χ4v) is 2.21. The summed E-state index contributed by atoms with van der Waals surface area (Å²) in [6, 6.07) is 14.6. The van der Waals surface area contributed by atoms with Crippen molar-refractivity contribution >= 4 is 29.5 Å². The van der Waals surface area contributed by atoms with Crippen molar-refractivity contribution in [2.24, 2.45) is 5.73 Å². The van der Waals surface area contributed by atoms with E-state index in [2.05, 4.69) is 5.32 Å². The normalized spacial score (nSPS) is 10.5. The van der Waals surface area contributed by atoms with Crippen LogP contribution in [-0.2, 0) is 14.3 Å². The van der Waals surface area contributed by atoms with Crippen molar-refractivity contribution in [3.8, 4) is 11.8 Å². The molecule has 0 aliphatic heterocycles. The number of methoxy groups -OCH3 is 1. The second-order valence-electron chi connectivity index (χ2n) is 5.48. The summed E-state index contributed by atoms with van der Waals surface area (Å²) in [6.45, 7) is -0.631. The molecule has 8 heteroatoms. The van der Waals surface area contributed by atoms with Crippen molar-refractivity contribution in [3.05, 3.63) is 65.2 Å². The molecule has 0 bridgehead atoms. The van der Waals surface area contributed by atoms with Gasteiger partial charge < -0.3 is 20.5 Å². The molecule has 8 nitrogen and oxygen atoms in total. The minimum absolute atomic E-state index is 0.124. The minimum Gasteiger partial charge on any atom is -0.497 e. The highest BCUT2D eigenvalue weighted by atomic mass is 16.5. The molecule has 2 aromatic carbocycles. The minimum atomic E-state index is -0.948. The second kappa shape index (κ2) is 9.54. The van der Waals surface area contributed by atoms with E-state index >= 15 is 0 Å². The Morgan fingerprint density at radius 3 is 2.43 bits per heavy atom. The number of nitrogens with one attached hydrogen (secondary N) is 1. The third-order valence-electron chi connectivity index (χ3n) is 3.57. The van der Waals surface area contributed by atoms with Gasteiger partial charge in [0.1, 0.15) is 17.4 Å². The summed E-state index contributed by atoms with van der Waals surface area (Å²) in [4.78, 5) is 35.4. The van der Waals surface area contributed by atoms with E-state index < -0.39 is 24.4 Å². The summed E-state index contributed by atoms with van der Waals surface area (Å²) >= 11 is 0. The molecule has 0 aliphatic carbocycles. The number of carbonyl (C=O) groups is 3. The maximum absolute atomic E-state index is 12.0. The lowest BCUT2D eigenvalue weighted by Crippen LogP contribution is -2.23. The fourth-order valence-electron chi connectivity index (χ4n) is 2.21. The van der Waals surface area contributed by atoms with E-state index in [0.29, 0.717) is 11.3 Å². The van der Waals surface area contributed by atoms with Crippen LogP contribution in [0.15, 0.2) is 54.1 Å². The predicted molar refractivity (Wildman–Crippen MR) is 101 cm³/mol. The summed E-state index contributed by atoms with van der Waals surface area (Å²) in [5.41, 5.74) is 5.88. The van der Waals surface area contributed by atoms with Crippen LogP contribution < -0.4 is 15.8 Å². The number of carbonyl (C=O) groups excluding carboxylic acids is 3. The number of hydrogen-bond acceptors (Lipinski definition) is 6. The average Bonchev–Trinajstić information content (AvgIpc) is 2.71. The maximum atomic E-state index is 12.0. The van der Waals surface area contributed by atoms with Crippen molar-refractivity contribution in [3.63, 3.8) is 0 Å². The molecule has 28 heavy (non-hydrogen) atoms. The van der Waals surface area contributed by atoms with Gasteiger partial charge in [0, 0.05) is 0 Å². The number of amides is 2. The quantitative estimate of drug-likeness (QED) is 0.429. The van der Waals surface area contributed by atoms with Crippen molar-refractivity contribution < 1.29 is 23.9 Å². The third-order valence-corrected chi connectivity index (χ3v) is 3.57. The SMILES string of the molecule is COc1ccc(/C=C(\C#N)C(=O)OCC(=O)Nc2ccccc2C(N)=O)cc1. The van der Waals surface area contributed by atoms with Gasteiger partial charge in [-0.25, -0.2) is 4.79 Å². The molecule has 2 amide bonds. The molecule has 0 saturated heterocycles. The maximum Gasteiger partial charge on any atom is 0.349 e. The molecule has 2 aromatic rings. The zero-order valence-electron chi connectivity index (χ0n) is 15.0. The lowest BCUT2D eigenvalue weighted by molar-refractivity contribution is -0.142. The molecular weight excluding hydrogens is 362 g/mol. The highest BCUT2D eigenvalue weighted by molar-refractivity contribution is 6.04. The number of primary amides is 1. The van der Waals surface area contributed by atoms with Crippen LogP contribution in [0.1, 0.15) is 15.9 Å². The van der Waals surface area contributed by atoms with Gasteiger partial charge in [-0.3, -0.25) is 9.59 Å². The van der Waals surface area contributed by atoms with Gasteiger partial charge in [-0.15, -0.1) is 0 Å². The molecule has 142 valence electrons. The summed E-state index contributed by atoms with van der Waals surface area (Å²) in [5, 5.41) is 11.6. The number of hydrogen-bond donors (Lipinski definition) is 2. The summed E-state index contributed by atoms with van der Waals surface area (Å²) in [7, 11) is 1.52. The number of esters is 1. The Hall–Kier alpha value is -4.12. The number of benzene rings is 2. The molecule has 0 fully saturated rings. The average molecular weight is 379 g/mol.